The van der Waals surface area contributed by atoms with Crippen molar-refractivity contribution in [1.82, 2.24) is 0 Å². The molecular formula is C25H21NOS. The molecule has 0 radical (unpaired) electrons. The molecule has 138 valence electrons. The quantitative estimate of drug-likeness (QED) is 0.423. The van der Waals surface area contributed by atoms with Gasteiger partial charge in [-0.1, -0.05) is 91.0 Å². The summed E-state index contributed by atoms with van der Waals surface area (Å²) in [6.07, 6.45) is 0. The molecule has 0 aromatic heterocycles. The normalized spacial score (nSPS) is 10.9. The van der Waals surface area contributed by atoms with Crippen molar-refractivity contribution in [2.24, 2.45) is 0 Å². The molecule has 1 amide bonds. The van der Waals surface area contributed by atoms with Crippen molar-refractivity contribution in [2.75, 3.05) is 11.1 Å². The molecule has 1 N–H and O–H groups in total. The molecule has 28 heavy (non-hydrogen) atoms. The van der Waals surface area contributed by atoms with E-state index >= 15 is 0 Å². The smallest absolute Gasteiger partial charge is 0.234 e. The Balaban J connectivity index is 1.46. The molecule has 4 rings (SSSR count). The fourth-order valence-corrected chi connectivity index (χ4v) is 4.35. The lowest BCUT2D eigenvalue weighted by atomic mass is 10.0. The van der Waals surface area contributed by atoms with Gasteiger partial charge in [-0.05, 0) is 34.0 Å². The first kappa shape index (κ1) is 18.3. The Morgan fingerprint density at radius 1 is 0.714 bits per heavy atom. The van der Waals surface area contributed by atoms with E-state index < -0.39 is 0 Å². The third-order valence-corrected chi connectivity index (χ3v) is 5.93. The van der Waals surface area contributed by atoms with Gasteiger partial charge in [-0.15, -0.1) is 11.8 Å². The Morgan fingerprint density at radius 3 is 1.93 bits per heavy atom. The standard InChI is InChI=1S/C25H21NOS/c27-24(26-23-16-15-19-9-7-8-14-22(19)17-23)18-28-25(20-10-3-1-4-11-20)21-12-5-2-6-13-21/h1-17,25H,18H2,(H,26,27). The Kier molecular flexibility index (Phi) is 5.74. The molecule has 0 aliphatic rings. The Bertz CT molecular complexity index is 1020. The van der Waals surface area contributed by atoms with Gasteiger partial charge in [0.15, 0.2) is 0 Å². The molecule has 0 aliphatic heterocycles. The van der Waals surface area contributed by atoms with Crippen LogP contribution < -0.4 is 5.32 Å². The summed E-state index contributed by atoms with van der Waals surface area (Å²) in [6.45, 7) is 0. The Labute approximate surface area is 169 Å². The summed E-state index contributed by atoms with van der Waals surface area (Å²) in [5.74, 6) is 0.401. The van der Waals surface area contributed by atoms with E-state index in [4.69, 9.17) is 0 Å². The zero-order valence-corrected chi connectivity index (χ0v) is 16.2. The minimum atomic E-state index is 0.0112. The van der Waals surface area contributed by atoms with E-state index in [0.717, 1.165) is 11.1 Å². The third-order valence-electron chi connectivity index (χ3n) is 4.62. The zero-order chi connectivity index (χ0) is 19.2. The first-order valence-corrected chi connectivity index (χ1v) is 10.3. The number of fused-ring (bicyclic) bond motifs is 1. The first-order valence-electron chi connectivity index (χ1n) is 9.30. The van der Waals surface area contributed by atoms with Crippen LogP contribution in [0.2, 0.25) is 0 Å². The number of carbonyl (C=O) groups excluding carboxylic acids is 1. The van der Waals surface area contributed by atoms with Crippen LogP contribution in [-0.2, 0) is 4.79 Å². The van der Waals surface area contributed by atoms with Crippen molar-refractivity contribution in [3.63, 3.8) is 0 Å². The van der Waals surface area contributed by atoms with Crippen LogP contribution in [0.25, 0.3) is 10.8 Å². The molecule has 2 nitrogen and oxygen atoms in total. The zero-order valence-electron chi connectivity index (χ0n) is 15.4. The van der Waals surface area contributed by atoms with Crippen LogP contribution in [0.4, 0.5) is 5.69 Å². The van der Waals surface area contributed by atoms with Gasteiger partial charge in [0, 0.05) is 5.69 Å². The van der Waals surface area contributed by atoms with E-state index in [1.807, 2.05) is 66.7 Å². The average Bonchev–Trinajstić information content (AvgIpc) is 2.75. The van der Waals surface area contributed by atoms with Gasteiger partial charge in [0.25, 0.3) is 0 Å². The number of anilines is 1. The van der Waals surface area contributed by atoms with Crippen molar-refractivity contribution >= 4 is 34.1 Å². The molecule has 0 unspecified atom stereocenters. The summed E-state index contributed by atoms with van der Waals surface area (Å²) < 4.78 is 0. The van der Waals surface area contributed by atoms with Gasteiger partial charge in [0.2, 0.25) is 5.91 Å². The SMILES string of the molecule is O=C(CSC(c1ccccc1)c1ccccc1)Nc1ccc2ccccc2c1. The van der Waals surface area contributed by atoms with Gasteiger partial charge in [-0.3, -0.25) is 4.79 Å². The van der Waals surface area contributed by atoms with Crippen molar-refractivity contribution in [3.05, 3.63) is 114 Å². The minimum absolute atomic E-state index is 0.0112. The van der Waals surface area contributed by atoms with Crippen LogP contribution in [0.1, 0.15) is 16.4 Å². The number of carbonyl (C=O) groups is 1. The number of thioether (sulfide) groups is 1. The highest BCUT2D eigenvalue weighted by Gasteiger charge is 2.16. The first-order chi connectivity index (χ1) is 13.8. The predicted molar refractivity (Wildman–Crippen MR) is 120 cm³/mol. The Hall–Kier alpha value is -3.04. The molecule has 0 atom stereocenters. The second kappa shape index (κ2) is 8.77. The van der Waals surface area contributed by atoms with Crippen LogP contribution >= 0.6 is 11.8 Å². The van der Waals surface area contributed by atoms with E-state index in [1.165, 1.54) is 16.5 Å². The number of hydrogen-bond acceptors (Lipinski definition) is 2. The van der Waals surface area contributed by atoms with Crippen LogP contribution in [0.5, 0.6) is 0 Å². The van der Waals surface area contributed by atoms with Crippen LogP contribution in [0.3, 0.4) is 0 Å². The molecule has 4 aromatic carbocycles. The molecule has 4 aromatic rings. The van der Waals surface area contributed by atoms with Crippen LogP contribution in [-0.4, -0.2) is 11.7 Å². The van der Waals surface area contributed by atoms with E-state index in [0.29, 0.717) is 5.75 Å². The fraction of sp³-hybridized carbons (Fsp3) is 0.0800. The molecule has 0 aliphatic carbocycles. The monoisotopic (exact) mass is 383 g/mol. The topological polar surface area (TPSA) is 29.1 Å². The largest absolute Gasteiger partial charge is 0.325 e. The molecule has 0 heterocycles. The highest BCUT2D eigenvalue weighted by atomic mass is 32.2. The van der Waals surface area contributed by atoms with Gasteiger partial charge < -0.3 is 5.32 Å². The van der Waals surface area contributed by atoms with Crippen LogP contribution in [0, 0.1) is 0 Å². The van der Waals surface area contributed by atoms with Gasteiger partial charge in [-0.25, -0.2) is 0 Å². The van der Waals surface area contributed by atoms with E-state index in [-0.39, 0.29) is 11.2 Å². The highest BCUT2D eigenvalue weighted by molar-refractivity contribution is 8.00. The maximum atomic E-state index is 12.6. The van der Waals surface area contributed by atoms with Crippen molar-refractivity contribution in [2.45, 2.75) is 5.25 Å². The van der Waals surface area contributed by atoms with Crippen molar-refractivity contribution in [3.8, 4) is 0 Å². The summed E-state index contributed by atoms with van der Waals surface area (Å²) in [4.78, 5) is 12.6. The summed E-state index contributed by atoms with van der Waals surface area (Å²) >= 11 is 1.65. The summed E-state index contributed by atoms with van der Waals surface area (Å²) in [7, 11) is 0. The predicted octanol–water partition coefficient (Wildman–Crippen LogP) is 6.30. The number of hydrogen-bond donors (Lipinski definition) is 1. The van der Waals surface area contributed by atoms with Gasteiger partial charge in [-0.2, -0.15) is 0 Å². The maximum Gasteiger partial charge on any atom is 0.234 e. The highest BCUT2D eigenvalue weighted by Crippen LogP contribution is 2.35. The average molecular weight is 384 g/mol. The van der Waals surface area contributed by atoms with E-state index in [1.54, 1.807) is 11.8 Å². The number of rotatable bonds is 6. The van der Waals surface area contributed by atoms with E-state index in [2.05, 4.69) is 41.7 Å². The third kappa shape index (κ3) is 4.44. The molecule has 3 heteroatoms. The van der Waals surface area contributed by atoms with E-state index in [9.17, 15) is 4.79 Å². The fourth-order valence-electron chi connectivity index (χ4n) is 3.26. The molecule has 0 bridgehead atoms. The van der Waals surface area contributed by atoms with Gasteiger partial charge in [0.1, 0.15) is 0 Å². The van der Waals surface area contributed by atoms with Crippen molar-refractivity contribution in [1.29, 1.82) is 0 Å². The summed E-state index contributed by atoms with van der Waals surface area (Å²) in [5, 5.41) is 5.46. The maximum absolute atomic E-state index is 12.6. The van der Waals surface area contributed by atoms with Crippen LogP contribution in [0.15, 0.2) is 103 Å². The lowest BCUT2D eigenvalue weighted by molar-refractivity contribution is -0.113. The molecule has 0 saturated heterocycles. The lowest BCUT2D eigenvalue weighted by Crippen LogP contribution is -2.15. The Morgan fingerprint density at radius 2 is 1.29 bits per heavy atom. The lowest BCUT2D eigenvalue weighted by Gasteiger charge is -2.17. The molecular weight excluding hydrogens is 362 g/mol. The molecule has 0 fully saturated rings. The number of amides is 1. The molecule has 0 spiro atoms. The van der Waals surface area contributed by atoms with Crippen molar-refractivity contribution < 1.29 is 4.79 Å². The van der Waals surface area contributed by atoms with Gasteiger partial charge in [0.05, 0.1) is 11.0 Å². The second-order valence-electron chi connectivity index (χ2n) is 6.62. The molecule has 0 saturated carbocycles. The minimum Gasteiger partial charge on any atom is -0.325 e. The second-order valence-corrected chi connectivity index (χ2v) is 7.72. The number of nitrogens with one attached hydrogen (secondary N) is 1. The summed E-state index contributed by atoms with van der Waals surface area (Å²) in [5.41, 5.74) is 3.25. The summed E-state index contributed by atoms with van der Waals surface area (Å²) in [6, 6.07) is 34.8. The van der Waals surface area contributed by atoms with Gasteiger partial charge >= 0.3 is 0 Å². The number of benzene rings is 4.